The molecule has 2 aromatic rings. The van der Waals surface area contributed by atoms with E-state index >= 15 is 0 Å². The number of nitrogens with zero attached hydrogens (tertiary/aromatic N) is 2. The lowest BCUT2D eigenvalue weighted by Crippen LogP contribution is -2.56. The quantitative estimate of drug-likeness (QED) is 0.319. The molecule has 2 atom stereocenters. The molecule has 2 aromatic carbocycles. The summed E-state index contributed by atoms with van der Waals surface area (Å²) in [6, 6.07) is 15.8. The predicted octanol–water partition coefficient (Wildman–Crippen LogP) is 6.01. The maximum Gasteiger partial charge on any atom is 0.410 e. The average Bonchev–Trinajstić information content (AvgIpc) is 2.82. The summed E-state index contributed by atoms with van der Waals surface area (Å²) in [6.07, 6.45) is 1.99. The largest absolute Gasteiger partial charge is 0.487 e. The SMILES string of the molecule is CCCCOC(=O)N1CCN(Cc2ccccc2)CC1CC(COC)Oc1ccc(Cl)cc1Br. The Morgan fingerprint density at radius 2 is 2.00 bits per heavy atom. The molecule has 186 valence electrons. The number of methoxy groups -OCH3 is 1. The molecule has 1 aliphatic rings. The Morgan fingerprint density at radius 1 is 1.21 bits per heavy atom. The molecule has 34 heavy (non-hydrogen) atoms. The molecular formula is C26H34BrClN2O4. The zero-order valence-electron chi connectivity index (χ0n) is 19.9. The molecule has 3 rings (SSSR count). The summed E-state index contributed by atoms with van der Waals surface area (Å²) >= 11 is 9.61. The summed E-state index contributed by atoms with van der Waals surface area (Å²) in [6.45, 7) is 5.93. The summed E-state index contributed by atoms with van der Waals surface area (Å²) in [5.74, 6) is 0.695. The lowest BCUT2D eigenvalue weighted by molar-refractivity contribution is 0.0115. The van der Waals surface area contributed by atoms with Crippen LogP contribution in [0.15, 0.2) is 53.0 Å². The second-order valence-corrected chi connectivity index (χ2v) is 9.83. The van der Waals surface area contributed by atoms with Gasteiger partial charge in [0, 0.05) is 44.7 Å². The molecule has 0 spiro atoms. The highest BCUT2D eigenvalue weighted by atomic mass is 79.9. The van der Waals surface area contributed by atoms with Crippen LogP contribution in [0.1, 0.15) is 31.7 Å². The van der Waals surface area contributed by atoms with Crippen molar-refractivity contribution in [2.75, 3.05) is 40.0 Å². The number of hydrogen-bond acceptors (Lipinski definition) is 5. The Morgan fingerprint density at radius 3 is 2.71 bits per heavy atom. The van der Waals surface area contributed by atoms with Gasteiger partial charge in [-0.15, -0.1) is 0 Å². The van der Waals surface area contributed by atoms with Crippen LogP contribution in [0.5, 0.6) is 5.75 Å². The fourth-order valence-corrected chi connectivity index (χ4v) is 4.90. The van der Waals surface area contributed by atoms with Crippen molar-refractivity contribution >= 4 is 33.6 Å². The zero-order chi connectivity index (χ0) is 24.3. The van der Waals surface area contributed by atoms with E-state index in [1.54, 1.807) is 19.2 Å². The smallest absolute Gasteiger partial charge is 0.410 e. The van der Waals surface area contributed by atoms with E-state index in [2.05, 4.69) is 52.0 Å². The number of amides is 1. The highest BCUT2D eigenvalue weighted by Crippen LogP contribution is 2.30. The molecule has 1 fully saturated rings. The Bertz CT molecular complexity index is 902. The van der Waals surface area contributed by atoms with Crippen LogP contribution >= 0.6 is 27.5 Å². The first-order chi connectivity index (χ1) is 16.5. The van der Waals surface area contributed by atoms with Crippen LogP contribution in [0.3, 0.4) is 0 Å². The predicted molar refractivity (Wildman–Crippen MR) is 139 cm³/mol. The van der Waals surface area contributed by atoms with Gasteiger partial charge in [-0.25, -0.2) is 4.79 Å². The van der Waals surface area contributed by atoms with E-state index in [1.165, 1.54) is 5.56 Å². The standard InChI is InChI=1S/C26H34BrClN2O4/c1-3-4-14-33-26(31)30-13-12-29(17-20-8-6-5-7-9-20)18-22(30)16-23(19-32-2)34-25-11-10-21(28)15-24(25)27/h5-11,15,22-23H,3-4,12-14,16-19H2,1-2H3. The summed E-state index contributed by atoms with van der Waals surface area (Å²) in [5, 5.41) is 0.632. The van der Waals surface area contributed by atoms with E-state index in [4.69, 9.17) is 25.8 Å². The van der Waals surface area contributed by atoms with Crippen LogP contribution in [-0.2, 0) is 16.0 Å². The molecule has 0 aromatic heterocycles. The fourth-order valence-electron chi connectivity index (χ4n) is 4.12. The molecule has 1 heterocycles. The van der Waals surface area contributed by atoms with Crippen molar-refractivity contribution in [3.05, 3.63) is 63.6 Å². The molecule has 6 nitrogen and oxygen atoms in total. The first-order valence-corrected chi connectivity index (χ1v) is 13.0. The number of carbonyl (C=O) groups excluding carboxylic acids is 1. The van der Waals surface area contributed by atoms with Crippen molar-refractivity contribution < 1.29 is 19.0 Å². The Balaban J connectivity index is 1.73. The van der Waals surface area contributed by atoms with Gasteiger partial charge in [-0.1, -0.05) is 55.3 Å². The molecule has 0 bridgehead atoms. The lowest BCUT2D eigenvalue weighted by Gasteiger charge is -2.42. The second-order valence-electron chi connectivity index (χ2n) is 8.54. The minimum Gasteiger partial charge on any atom is -0.487 e. The lowest BCUT2D eigenvalue weighted by atomic mass is 10.0. The van der Waals surface area contributed by atoms with E-state index in [0.29, 0.717) is 37.0 Å². The van der Waals surface area contributed by atoms with Crippen molar-refractivity contribution in [3.63, 3.8) is 0 Å². The Kier molecular flexibility index (Phi) is 11.0. The average molecular weight is 554 g/mol. The molecular weight excluding hydrogens is 520 g/mol. The van der Waals surface area contributed by atoms with Gasteiger partial charge < -0.3 is 19.1 Å². The van der Waals surface area contributed by atoms with E-state index in [1.807, 2.05) is 17.0 Å². The second kappa shape index (κ2) is 13.9. The molecule has 8 heteroatoms. The van der Waals surface area contributed by atoms with Gasteiger partial charge in [-0.2, -0.15) is 0 Å². The van der Waals surface area contributed by atoms with E-state index < -0.39 is 0 Å². The number of rotatable bonds is 11. The molecule has 0 N–H and O–H groups in total. The fraction of sp³-hybridized carbons (Fsp3) is 0.500. The van der Waals surface area contributed by atoms with Gasteiger partial charge in [0.1, 0.15) is 11.9 Å². The summed E-state index contributed by atoms with van der Waals surface area (Å²) < 4.78 is 18.1. The van der Waals surface area contributed by atoms with Crippen molar-refractivity contribution in [3.8, 4) is 5.75 Å². The summed E-state index contributed by atoms with van der Waals surface area (Å²) in [4.78, 5) is 17.2. The van der Waals surface area contributed by atoms with E-state index in [0.717, 1.165) is 36.9 Å². The van der Waals surface area contributed by atoms with Crippen LogP contribution in [-0.4, -0.2) is 68.0 Å². The minimum absolute atomic E-state index is 0.0576. The van der Waals surface area contributed by atoms with Crippen LogP contribution in [0.25, 0.3) is 0 Å². The Hall–Kier alpha value is -1.80. The highest BCUT2D eigenvalue weighted by molar-refractivity contribution is 9.10. The molecule has 1 amide bonds. The number of carbonyl (C=O) groups is 1. The van der Waals surface area contributed by atoms with Crippen molar-refractivity contribution in [1.29, 1.82) is 0 Å². The molecule has 2 unspecified atom stereocenters. The number of benzene rings is 2. The van der Waals surface area contributed by atoms with Crippen molar-refractivity contribution in [2.24, 2.45) is 0 Å². The van der Waals surface area contributed by atoms with Crippen LogP contribution < -0.4 is 4.74 Å². The molecule has 0 radical (unpaired) electrons. The topological polar surface area (TPSA) is 51.2 Å². The van der Waals surface area contributed by atoms with Gasteiger partial charge >= 0.3 is 6.09 Å². The molecule has 0 saturated carbocycles. The molecule has 1 aliphatic heterocycles. The van der Waals surface area contributed by atoms with Crippen LogP contribution in [0.2, 0.25) is 5.02 Å². The van der Waals surface area contributed by atoms with Crippen molar-refractivity contribution in [1.82, 2.24) is 9.80 Å². The third-order valence-corrected chi connectivity index (χ3v) is 6.70. The number of hydrogen-bond donors (Lipinski definition) is 0. The highest BCUT2D eigenvalue weighted by Gasteiger charge is 2.34. The van der Waals surface area contributed by atoms with Crippen LogP contribution in [0, 0.1) is 0 Å². The van der Waals surface area contributed by atoms with E-state index in [9.17, 15) is 4.79 Å². The molecule has 0 aliphatic carbocycles. The van der Waals surface area contributed by atoms with Crippen LogP contribution in [0.4, 0.5) is 4.79 Å². The third kappa shape index (κ3) is 8.15. The maximum absolute atomic E-state index is 12.9. The van der Waals surface area contributed by atoms with Crippen molar-refractivity contribution in [2.45, 2.75) is 44.9 Å². The summed E-state index contributed by atoms with van der Waals surface area (Å²) in [7, 11) is 1.66. The van der Waals surface area contributed by atoms with Gasteiger partial charge in [-0.05, 0) is 46.1 Å². The number of piperazine rings is 1. The minimum atomic E-state index is -0.248. The van der Waals surface area contributed by atoms with Gasteiger partial charge in [0.05, 0.1) is 23.7 Å². The third-order valence-electron chi connectivity index (χ3n) is 5.85. The number of ether oxygens (including phenoxy) is 3. The zero-order valence-corrected chi connectivity index (χ0v) is 22.3. The summed E-state index contributed by atoms with van der Waals surface area (Å²) in [5.41, 5.74) is 1.26. The van der Waals surface area contributed by atoms with Gasteiger partial charge in [0.2, 0.25) is 0 Å². The van der Waals surface area contributed by atoms with Gasteiger partial charge in [-0.3, -0.25) is 4.90 Å². The van der Waals surface area contributed by atoms with Gasteiger partial charge in [0.15, 0.2) is 0 Å². The first kappa shape index (κ1) is 26.8. The Labute approximate surface area is 216 Å². The molecule has 1 saturated heterocycles. The normalized spacial score (nSPS) is 17.4. The number of unbranched alkanes of at least 4 members (excludes halogenated alkanes) is 1. The van der Waals surface area contributed by atoms with E-state index in [-0.39, 0.29) is 18.2 Å². The number of halogens is 2. The van der Waals surface area contributed by atoms with Gasteiger partial charge in [0.25, 0.3) is 0 Å². The first-order valence-electron chi connectivity index (χ1n) is 11.8. The maximum atomic E-state index is 12.9. The monoisotopic (exact) mass is 552 g/mol.